The first-order chi connectivity index (χ1) is 7.52. The fourth-order valence-electron chi connectivity index (χ4n) is 2.43. The Labute approximate surface area is 96.7 Å². The van der Waals surface area contributed by atoms with Crippen molar-refractivity contribution >= 4 is 10.0 Å². The predicted molar refractivity (Wildman–Crippen MR) is 61.6 cm³/mol. The smallest absolute Gasteiger partial charge is 0.214 e. The Bertz CT molecular complexity index is 330. The highest BCUT2D eigenvalue weighted by Crippen LogP contribution is 2.24. The van der Waals surface area contributed by atoms with Crippen LogP contribution in [0.1, 0.15) is 32.1 Å². The van der Waals surface area contributed by atoms with E-state index in [2.05, 4.69) is 10.0 Å². The van der Waals surface area contributed by atoms with Crippen molar-refractivity contribution < 1.29 is 13.5 Å². The van der Waals surface area contributed by atoms with E-state index in [9.17, 15) is 13.5 Å². The molecule has 2 rings (SSSR count). The molecule has 1 saturated heterocycles. The van der Waals surface area contributed by atoms with Crippen LogP contribution in [0, 0.1) is 0 Å². The van der Waals surface area contributed by atoms with Crippen LogP contribution in [-0.4, -0.2) is 44.0 Å². The van der Waals surface area contributed by atoms with Crippen LogP contribution in [0.25, 0.3) is 0 Å². The largest absolute Gasteiger partial charge is 0.387 e. The van der Waals surface area contributed by atoms with Gasteiger partial charge in [0.2, 0.25) is 10.0 Å². The molecular weight excluding hydrogens is 228 g/mol. The van der Waals surface area contributed by atoms with Crippen molar-refractivity contribution in [2.75, 3.05) is 19.6 Å². The minimum absolute atomic E-state index is 0.138. The highest BCUT2D eigenvalue weighted by atomic mass is 32.2. The van der Waals surface area contributed by atoms with E-state index >= 15 is 0 Å². The summed E-state index contributed by atoms with van der Waals surface area (Å²) in [6, 6.07) is 0. The van der Waals surface area contributed by atoms with Gasteiger partial charge in [-0.3, -0.25) is 0 Å². The molecule has 0 amide bonds. The molecule has 0 aromatic rings. The second kappa shape index (κ2) is 4.60. The standard InChI is InChI=1S/C10H20N2O3S/c13-10(5-6-11-7-10)8-12-16(14,15)9-3-1-2-4-9/h9,11-13H,1-8H2. The van der Waals surface area contributed by atoms with Crippen LogP contribution < -0.4 is 10.0 Å². The number of hydrogen-bond donors (Lipinski definition) is 3. The van der Waals surface area contributed by atoms with Crippen LogP contribution in [0.4, 0.5) is 0 Å². The summed E-state index contributed by atoms with van der Waals surface area (Å²) in [4.78, 5) is 0. The van der Waals surface area contributed by atoms with E-state index < -0.39 is 15.6 Å². The molecule has 2 aliphatic rings. The molecule has 0 bridgehead atoms. The zero-order valence-electron chi connectivity index (χ0n) is 9.41. The summed E-state index contributed by atoms with van der Waals surface area (Å²) in [5.74, 6) is 0. The van der Waals surface area contributed by atoms with Gasteiger partial charge in [0.05, 0.1) is 10.9 Å². The molecule has 1 saturated carbocycles. The van der Waals surface area contributed by atoms with E-state index in [0.717, 1.165) is 32.2 Å². The van der Waals surface area contributed by atoms with Crippen molar-refractivity contribution in [1.29, 1.82) is 0 Å². The third-order valence-electron chi connectivity index (χ3n) is 3.56. The van der Waals surface area contributed by atoms with Gasteiger partial charge >= 0.3 is 0 Å². The predicted octanol–water partition coefficient (Wildman–Crippen LogP) is -0.427. The van der Waals surface area contributed by atoms with Gasteiger partial charge in [0.25, 0.3) is 0 Å². The van der Waals surface area contributed by atoms with Crippen LogP contribution in [-0.2, 0) is 10.0 Å². The number of β-amino-alcohol motifs (C(OH)–C–C–N with tert-alkyl or cyclic N) is 1. The molecule has 0 aromatic heterocycles. The number of aliphatic hydroxyl groups is 1. The van der Waals surface area contributed by atoms with Gasteiger partial charge in [0.15, 0.2) is 0 Å². The molecule has 0 radical (unpaired) electrons. The Morgan fingerprint density at radius 1 is 1.38 bits per heavy atom. The van der Waals surface area contributed by atoms with E-state index in [1.54, 1.807) is 0 Å². The van der Waals surface area contributed by atoms with Crippen molar-refractivity contribution in [3.8, 4) is 0 Å². The number of sulfonamides is 1. The molecule has 16 heavy (non-hydrogen) atoms. The SMILES string of the molecule is O=S(=O)(NCC1(O)CCNC1)C1CCCC1. The van der Waals surface area contributed by atoms with Gasteiger partial charge < -0.3 is 10.4 Å². The Kier molecular flexibility index (Phi) is 3.53. The Balaban J connectivity index is 1.88. The Morgan fingerprint density at radius 2 is 2.06 bits per heavy atom. The van der Waals surface area contributed by atoms with Crippen molar-refractivity contribution in [3.63, 3.8) is 0 Å². The van der Waals surface area contributed by atoms with Crippen molar-refractivity contribution in [2.45, 2.75) is 43.0 Å². The Hall–Kier alpha value is -0.170. The first-order valence-electron chi connectivity index (χ1n) is 5.93. The fourth-order valence-corrected chi connectivity index (χ4v) is 4.09. The van der Waals surface area contributed by atoms with Crippen LogP contribution in [0.2, 0.25) is 0 Å². The monoisotopic (exact) mass is 248 g/mol. The molecule has 2 fully saturated rings. The summed E-state index contributed by atoms with van der Waals surface area (Å²) >= 11 is 0. The van der Waals surface area contributed by atoms with Crippen molar-refractivity contribution in [2.24, 2.45) is 0 Å². The zero-order valence-corrected chi connectivity index (χ0v) is 10.2. The summed E-state index contributed by atoms with van der Waals surface area (Å²) in [5.41, 5.74) is -0.897. The van der Waals surface area contributed by atoms with E-state index in [1.165, 1.54) is 0 Å². The Morgan fingerprint density at radius 3 is 2.62 bits per heavy atom. The maximum absolute atomic E-state index is 11.9. The summed E-state index contributed by atoms with van der Waals surface area (Å²) in [6.07, 6.45) is 4.12. The van der Waals surface area contributed by atoms with Gasteiger partial charge in [0.1, 0.15) is 0 Å². The first kappa shape index (κ1) is 12.3. The lowest BCUT2D eigenvalue weighted by Crippen LogP contribution is -2.46. The lowest BCUT2D eigenvalue weighted by molar-refractivity contribution is 0.0667. The van der Waals surface area contributed by atoms with Crippen LogP contribution in [0.5, 0.6) is 0 Å². The second-order valence-corrected chi connectivity index (χ2v) is 6.97. The third kappa shape index (κ3) is 2.74. The van der Waals surface area contributed by atoms with E-state index in [4.69, 9.17) is 0 Å². The van der Waals surface area contributed by atoms with Gasteiger partial charge in [-0.1, -0.05) is 12.8 Å². The summed E-state index contributed by atoms with van der Waals surface area (Å²) in [7, 11) is -3.22. The molecule has 3 N–H and O–H groups in total. The lowest BCUT2D eigenvalue weighted by Gasteiger charge is -2.22. The molecule has 0 spiro atoms. The normalized spacial score (nSPS) is 32.3. The van der Waals surface area contributed by atoms with E-state index in [0.29, 0.717) is 13.0 Å². The van der Waals surface area contributed by atoms with Gasteiger partial charge in [-0.05, 0) is 25.8 Å². The summed E-state index contributed by atoms with van der Waals surface area (Å²) in [6.45, 7) is 1.36. The van der Waals surface area contributed by atoms with Gasteiger partial charge in [-0.2, -0.15) is 0 Å². The first-order valence-corrected chi connectivity index (χ1v) is 7.48. The molecule has 6 heteroatoms. The molecular formula is C10H20N2O3S. The summed E-state index contributed by atoms with van der Waals surface area (Å²) < 4.78 is 26.3. The zero-order chi connectivity index (χ0) is 11.6. The molecule has 1 aliphatic heterocycles. The third-order valence-corrected chi connectivity index (χ3v) is 5.46. The van der Waals surface area contributed by atoms with Gasteiger partial charge in [-0.25, -0.2) is 13.1 Å². The van der Waals surface area contributed by atoms with E-state index in [1.807, 2.05) is 0 Å². The molecule has 1 unspecified atom stereocenters. The van der Waals surface area contributed by atoms with Gasteiger partial charge in [-0.15, -0.1) is 0 Å². The molecule has 1 heterocycles. The van der Waals surface area contributed by atoms with Gasteiger partial charge in [0, 0.05) is 13.1 Å². The van der Waals surface area contributed by atoms with Crippen molar-refractivity contribution in [1.82, 2.24) is 10.0 Å². The number of nitrogens with one attached hydrogen (secondary N) is 2. The summed E-state index contributed by atoms with van der Waals surface area (Å²) in [5, 5.41) is 12.8. The average Bonchev–Trinajstić information content (AvgIpc) is 2.86. The lowest BCUT2D eigenvalue weighted by atomic mass is 10.1. The minimum atomic E-state index is -3.22. The second-order valence-electron chi connectivity index (χ2n) is 4.92. The maximum Gasteiger partial charge on any atom is 0.214 e. The molecule has 1 aliphatic carbocycles. The topological polar surface area (TPSA) is 78.4 Å². The average molecular weight is 248 g/mol. The van der Waals surface area contributed by atoms with Crippen LogP contribution in [0.15, 0.2) is 0 Å². The molecule has 5 nitrogen and oxygen atoms in total. The number of rotatable bonds is 4. The highest BCUT2D eigenvalue weighted by Gasteiger charge is 2.35. The minimum Gasteiger partial charge on any atom is -0.387 e. The molecule has 0 aromatic carbocycles. The fraction of sp³-hybridized carbons (Fsp3) is 1.00. The van der Waals surface area contributed by atoms with Crippen molar-refractivity contribution in [3.05, 3.63) is 0 Å². The van der Waals surface area contributed by atoms with Crippen LogP contribution in [0.3, 0.4) is 0 Å². The maximum atomic E-state index is 11.9. The molecule has 1 atom stereocenters. The number of hydrogen-bond acceptors (Lipinski definition) is 4. The van der Waals surface area contributed by atoms with E-state index in [-0.39, 0.29) is 11.8 Å². The quantitative estimate of drug-likeness (QED) is 0.631. The highest BCUT2D eigenvalue weighted by molar-refractivity contribution is 7.90. The van der Waals surface area contributed by atoms with Crippen LogP contribution >= 0.6 is 0 Å². The molecule has 94 valence electrons.